The standard InChI is InChI=1S/C13H12N2O6S/c16-10-5-4-7(12(17)14-10)6-22-9-3-1-2-8(15(20)21)11(9)13(18)19/h1-3,7H,4-6H2,(H,18,19)(H,14,16,17). The van der Waals surface area contributed by atoms with Crippen LogP contribution in [-0.4, -0.2) is 33.6 Å². The third-order valence-electron chi connectivity index (χ3n) is 3.21. The van der Waals surface area contributed by atoms with Gasteiger partial charge in [0.1, 0.15) is 0 Å². The second kappa shape index (κ2) is 6.56. The molecule has 1 aliphatic rings. The van der Waals surface area contributed by atoms with E-state index in [2.05, 4.69) is 5.32 Å². The number of carboxylic acids is 1. The van der Waals surface area contributed by atoms with Gasteiger partial charge in [-0.05, 0) is 12.5 Å². The number of carbonyl (C=O) groups excluding carboxylic acids is 2. The van der Waals surface area contributed by atoms with E-state index in [-0.39, 0.29) is 28.5 Å². The summed E-state index contributed by atoms with van der Waals surface area (Å²) in [6.45, 7) is 0. The Labute approximate surface area is 129 Å². The van der Waals surface area contributed by atoms with Crippen LogP contribution in [0.15, 0.2) is 23.1 Å². The molecule has 2 N–H and O–H groups in total. The third kappa shape index (κ3) is 3.42. The van der Waals surface area contributed by atoms with Gasteiger partial charge < -0.3 is 5.11 Å². The number of nitro groups is 1. The molecule has 116 valence electrons. The quantitative estimate of drug-likeness (QED) is 0.363. The minimum atomic E-state index is -1.39. The number of carbonyl (C=O) groups is 3. The van der Waals surface area contributed by atoms with Crippen molar-refractivity contribution in [3.8, 4) is 0 Å². The van der Waals surface area contributed by atoms with Gasteiger partial charge in [-0.25, -0.2) is 4.79 Å². The third-order valence-corrected chi connectivity index (χ3v) is 4.43. The summed E-state index contributed by atoms with van der Waals surface area (Å²) in [6, 6.07) is 3.99. The summed E-state index contributed by atoms with van der Waals surface area (Å²) in [4.78, 5) is 44.4. The van der Waals surface area contributed by atoms with Gasteiger partial charge in [-0.2, -0.15) is 0 Å². The fourth-order valence-corrected chi connectivity index (χ4v) is 3.30. The molecule has 8 nitrogen and oxygen atoms in total. The Bertz CT molecular complexity index is 660. The Morgan fingerprint density at radius 3 is 2.77 bits per heavy atom. The highest BCUT2D eigenvalue weighted by Gasteiger charge is 2.28. The molecule has 1 aromatic carbocycles. The van der Waals surface area contributed by atoms with Crippen LogP contribution in [0.4, 0.5) is 5.69 Å². The number of nitro benzene ring substituents is 1. The molecule has 0 saturated carbocycles. The number of amides is 2. The largest absolute Gasteiger partial charge is 0.477 e. The van der Waals surface area contributed by atoms with Gasteiger partial charge in [0, 0.05) is 29.1 Å². The molecule has 22 heavy (non-hydrogen) atoms. The Hall–Kier alpha value is -2.42. The Kier molecular flexibility index (Phi) is 4.76. The molecule has 1 fully saturated rings. The molecule has 1 atom stereocenters. The second-order valence-corrected chi connectivity index (χ2v) is 5.73. The fraction of sp³-hybridized carbons (Fsp3) is 0.308. The van der Waals surface area contributed by atoms with Gasteiger partial charge in [0.15, 0.2) is 5.56 Å². The molecule has 1 aliphatic heterocycles. The molecule has 2 rings (SSSR count). The number of piperidine rings is 1. The van der Waals surface area contributed by atoms with Crippen LogP contribution in [0.1, 0.15) is 23.2 Å². The highest BCUT2D eigenvalue weighted by atomic mass is 32.2. The lowest BCUT2D eigenvalue weighted by Gasteiger charge is -2.20. The van der Waals surface area contributed by atoms with E-state index in [4.69, 9.17) is 0 Å². The van der Waals surface area contributed by atoms with Crippen LogP contribution in [0.3, 0.4) is 0 Å². The Morgan fingerprint density at radius 2 is 2.18 bits per heavy atom. The van der Waals surface area contributed by atoms with Crippen LogP contribution in [-0.2, 0) is 9.59 Å². The van der Waals surface area contributed by atoms with Crippen molar-refractivity contribution >= 4 is 35.2 Å². The first-order valence-electron chi connectivity index (χ1n) is 6.37. The second-order valence-electron chi connectivity index (χ2n) is 4.67. The number of hydrogen-bond donors (Lipinski definition) is 2. The number of rotatable bonds is 5. The lowest BCUT2D eigenvalue weighted by molar-refractivity contribution is -0.385. The first-order chi connectivity index (χ1) is 10.4. The van der Waals surface area contributed by atoms with E-state index in [1.807, 2.05) is 0 Å². The number of nitrogens with zero attached hydrogens (tertiary/aromatic N) is 1. The van der Waals surface area contributed by atoms with E-state index < -0.39 is 28.4 Å². The fourth-order valence-electron chi connectivity index (χ4n) is 2.09. The average Bonchev–Trinajstić information content (AvgIpc) is 2.45. The minimum Gasteiger partial charge on any atom is -0.477 e. The molecule has 0 bridgehead atoms. The molecule has 1 aromatic rings. The van der Waals surface area contributed by atoms with E-state index in [1.54, 1.807) is 0 Å². The predicted octanol–water partition coefficient (Wildman–Crippen LogP) is 1.44. The summed E-state index contributed by atoms with van der Waals surface area (Å²) in [5.41, 5.74) is -0.870. The van der Waals surface area contributed by atoms with Gasteiger partial charge >= 0.3 is 5.97 Å². The van der Waals surface area contributed by atoms with Crippen LogP contribution < -0.4 is 5.32 Å². The molecule has 1 heterocycles. The monoisotopic (exact) mass is 324 g/mol. The maximum Gasteiger partial charge on any atom is 0.343 e. The topological polar surface area (TPSA) is 127 Å². The van der Waals surface area contributed by atoms with Crippen molar-refractivity contribution in [2.75, 3.05) is 5.75 Å². The number of carboxylic acid groups (broad SMARTS) is 1. The van der Waals surface area contributed by atoms with E-state index in [0.29, 0.717) is 6.42 Å². The molecule has 1 unspecified atom stereocenters. The molecular weight excluding hydrogens is 312 g/mol. The van der Waals surface area contributed by atoms with Gasteiger partial charge in [-0.3, -0.25) is 25.0 Å². The first-order valence-corrected chi connectivity index (χ1v) is 7.36. The molecule has 0 spiro atoms. The van der Waals surface area contributed by atoms with Gasteiger partial charge in [0.2, 0.25) is 11.8 Å². The van der Waals surface area contributed by atoms with Crippen molar-refractivity contribution in [3.63, 3.8) is 0 Å². The summed E-state index contributed by atoms with van der Waals surface area (Å²) in [5.74, 6) is -2.29. The number of nitrogens with one attached hydrogen (secondary N) is 1. The maximum absolute atomic E-state index is 11.7. The average molecular weight is 324 g/mol. The van der Waals surface area contributed by atoms with E-state index in [0.717, 1.165) is 17.8 Å². The van der Waals surface area contributed by atoms with Crippen LogP contribution >= 0.6 is 11.8 Å². The van der Waals surface area contributed by atoms with Crippen molar-refractivity contribution in [1.82, 2.24) is 5.32 Å². The van der Waals surface area contributed by atoms with Gasteiger partial charge in [0.25, 0.3) is 5.69 Å². The van der Waals surface area contributed by atoms with Gasteiger partial charge in [-0.1, -0.05) is 6.07 Å². The van der Waals surface area contributed by atoms with Crippen molar-refractivity contribution in [1.29, 1.82) is 0 Å². The van der Waals surface area contributed by atoms with E-state index >= 15 is 0 Å². The summed E-state index contributed by atoms with van der Waals surface area (Å²) in [7, 11) is 0. The predicted molar refractivity (Wildman–Crippen MR) is 76.7 cm³/mol. The molecule has 9 heteroatoms. The lowest BCUT2D eigenvalue weighted by Crippen LogP contribution is -2.41. The smallest absolute Gasteiger partial charge is 0.343 e. The van der Waals surface area contributed by atoms with Crippen molar-refractivity contribution in [3.05, 3.63) is 33.9 Å². The number of aromatic carboxylic acids is 1. The number of imide groups is 1. The minimum absolute atomic E-state index is 0.228. The zero-order valence-corrected chi connectivity index (χ0v) is 12.1. The molecule has 2 amide bonds. The Morgan fingerprint density at radius 1 is 1.45 bits per heavy atom. The summed E-state index contributed by atoms with van der Waals surface area (Å²) < 4.78 is 0. The van der Waals surface area contributed by atoms with Crippen molar-refractivity contribution < 1.29 is 24.4 Å². The maximum atomic E-state index is 11.7. The van der Waals surface area contributed by atoms with Gasteiger partial charge in [-0.15, -0.1) is 11.8 Å². The number of benzene rings is 1. The number of thioether (sulfide) groups is 1. The SMILES string of the molecule is O=C1CCC(CSc2cccc([N+](=O)[O-])c2C(=O)O)C(=O)N1. The summed E-state index contributed by atoms with van der Waals surface area (Å²) >= 11 is 1.06. The van der Waals surface area contributed by atoms with Crippen molar-refractivity contribution in [2.45, 2.75) is 17.7 Å². The summed E-state index contributed by atoms with van der Waals surface area (Å²) in [5, 5.41) is 22.3. The van der Waals surface area contributed by atoms with E-state index in [9.17, 15) is 29.6 Å². The molecule has 0 radical (unpaired) electrons. The molecular formula is C13H12N2O6S. The van der Waals surface area contributed by atoms with Crippen LogP contribution in [0.5, 0.6) is 0 Å². The van der Waals surface area contributed by atoms with Gasteiger partial charge in [0.05, 0.1) is 4.92 Å². The molecule has 0 aromatic heterocycles. The van der Waals surface area contributed by atoms with Crippen molar-refractivity contribution in [2.24, 2.45) is 5.92 Å². The van der Waals surface area contributed by atoms with Crippen LogP contribution in [0, 0.1) is 16.0 Å². The highest BCUT2D eigenvalue weighted by molar-refractivity contribution is 7.99. The normalized spacial score (nSPS) is 17.9. The Balaban J connectivity index is 2.18. The highest BCUT2D eigenvalue weighted by Crippen LogP contribution is 2.32. The van der Waals surface area contributed by atoms with E-state index in [1.165, 1.54) is 12.1 Å². The molecule has 0 aliphatic carbocycles. The molecule has 1 saturated heterocycles. The van der Waals surface area contributed by atoms with Crippen LogP contribution in [0.25, 0.3) is 0 Å². The first kappa shape index (κ1) is 16.0. The van der Waals surface area contributed by atoms with Crippen LogP contribution in [0.2, 0.25) is 0 Å². The lowest BCUT2D eigenvalue weighted by atomic mass is 10.0. The zero-order chi connectivity index (χ0) is 16.3. The number of hydrogen-bond acceptors (Lipinski definition) is 6. The zero-order valence-electron chi connectivity index (χ0n) is 11.3. The summed E-state index contributed by atoms with van der Waals surface area (Å²) in [6.07, 6.45) is 0.618.